The molecule has 0 aliphatic rings. The monoisotopic (exact) mass is 204 g/mol. The molecule has 0 bridgehead atoms. The van der Waals surface area contributed by atoms with Crippen LogP contribution in [0.1, 0.15) is 18.3 Å². The Morgan fingerprint density at radius 2 is 2.27 bits per heavy atom. The van der Waals surface area contributed by atoms with Crippen molar-refractivity contribution in [2.75, 3.05) is 6.54 Å². The molecule has 2 aromatic rings. The standard InChI is InChI=1S/C11H16N4/c1-8(6-12)5-10-3-4-11-13-9(2)14-15(11)7-10/h3-4,7-8H,5-6,12H2,1-2H3. The number of aryl methyl sites for hydroxylation is 1. The second kappa shape index (κ2) is 3.98. The first-order valence-corrected chi connectivity index (χ1v) is 5.21. The lowest BCUT2D eigenvalue weighted by atomic mass is 10.0. The van der Waals surface area contributed by atoms with Crippen LogP contribution >= 0.6 is 0 Å². The van der Waals surface area contributed by atoms with Crippen LogP contribution in [0.4, 0.5) is 0 Å². The maximum Gasteiger partial charge on any atom is 0.155 e. The first-order chi connectivity index (χ1) is 7.19. The van der Waals surface area contributed by atoms with Gasteiger partial charge in [0.2, 0.25) is 0 Å². The van der Waals surface area contributed by atoms with Crippen molar-refractivity contribution in [2.24, 2.45) is 11.7 Å². The molecule has 0 saturated carbocycles. The van der Waals surface area contributed by atoms with Gasteiger partial charge in [-0.2, -0.15) is 5.10 Å². The van der Waals surface area contributed by atoms with Crippen LogP contribution in [0.5, 0.6) is 0 Å². The molecule has 80 valence electrons. The lowest BCUT2D eigenvalue weighted by molar-refractivity contribution is 0.591. The number of pyridine rings is 1. The topological polar surface area (TPSA) is 56.2 Å². The van der Waals surface area contributed by atoms with Crippen molar-refractivity contribution in [1.82, 2.24) is 14.6 Å². The molecule has 1 unspecified atom stereocenters. The highest BCUT2D eigenvalue weighted by atomic mass is 15.3. The lowest BCUT2D eigenvalue weighted by Gasteiger charge is -2.07. The Morgan fingerprint density at radius 1 is 1.47 bits per heavy atom. The molecular formula is C11H16N4. The molecule has 2 aromatic heterocycles. The number of hydrogen-bond acceptors (Lipinski definition) is 3. The van der Waals surface area contributed by atoms with Gasteiger partial charge in [0.15, 0.2) is 5.65 Å². The Morgan fingerprint density at radius 3 is 3.00 bits per heavy atom. The van der Waals surface area contributed by atoms with Crippen LogP contribution in [0.3, 0.4) is 0 Å². The molecule has 0 radical (unpaired) electrons. The van der Waals surface area contributed by atoms with E-state index in [0.717, 1.165) is 17.9 Å². The van der Waals surface area contributed by atoms with Crippen LogP contribution in [0.15, 0.2) is 18.3 Å². The van der Waals surface area contributed by atoms with Crippen LogP contribution in [-0.2, 0) is 6.42 Å². The van der Waals surface area contributed by atoms with Gasteiger partial charge in [-0.25, -0.2) is 9.50 Å². The number of fused-ring (bicyclic) bond motifs is 1. The SMILES string of the molecule is Cc1nc2ccc(CC(C)CN)cn2n1. The summed E-state index contributed by atoms with van der Waals surface area (Å²) in [6.45, 7) is 4.76. The number of hydrogen-bond donors (Lipinski definition) is 1. The van der Waals surface area contributed by atoms with Crippen LogP contribution in [0, 0.1) is 12.8 Å². The summed E-state index contributed by atoms with van der Waals surface area (Å²) < 4.78 is 1.83. The van der Waals surface area contributed by atoms with Crippen LogP contribution in [-0.4, -0.2) is 21.1 Å². The third-order valence-electron chi connectivity index (χ3n) is 2.48. The van der Waals surface area contributed by atoms with E-state index in [1.54, 1.807) is 0 Å². The Hall–Kier alpha value is -1.42. The van der Waals surface area contributed by atoms with Gasteiger partial charge >= 0.3 is 0 Å². The molecule has 0 aliphatic carbocycles. The molecule has 0 saturated heterocycles. The Balaban J connectivity index is 2.30. The average Bonchev–Trinajstić information content (AvgIpc) is 2.57. The Kier molecular flexibility index (Phi) is 2.68. The van der Waals surface area contributed by atoms with Gasteiger partial charge in [0, 0.05) is 6.20 Å². The zero-order chi connectivity index (χ0) is 10.8. The Labute approximate surface area is 89.1 Å². The van der Waals surface area contributed by atoms with Crippen molar-refractivity contribution in [2.45, 2.75) is 20.3 Å². The number of rotatable bonds is 3. The molecule has 2 rings (SSSR count). The molecule has 2 N–H and O–H groups in total. The minimum atomic E-state index is 0.507. The summed E-state index contributed by atoms with van der Waals surface area (Å²) in [6.07, 6.45) is 3.02. The van der Waals surface area contributed by atoms with Gasteiger partial charge in [-0.05, 0) is 37.4 Å². The van der Waals surface area contributed by atoms with E-state index in [-0.39, 0.29) is 0 Å². The molecule has 0 spiro atoms. The first kappa shape index (κ1) is 10.1. The number of aromatic nitrogens is 3. The molecule has 15 heavy (non-hydrogen) atoms. The summed E-state index contributed by atoms with van der Waals surface area (Å²) in [6, 6.07) is 4.09. The van der Waals surface area contributed by atoms with Crippen molar-refractivity contribution < 1.29 is 0 Å². The highest BCUT2D eigenvalue weighted by Crippen LogP contribution is 2.09. The minimum absolute atomic E-state index is 0.507. The molecule has 0 aliphatic heterocycles. The van der Waals surface area contributed by atoms with E-state index in [2.05, 4.69) is 23.1 Å². The van der Waals surface area contributed by atoms with Gasteiger partial charge in [0.25, 0.3) is 0 Å². The maximum atomic E-state index is 5.60. The van der Waals surface area contributed by atoms with Crippen molar-refractivity contribution in [3.8, 4) is 0 Å². The van der Waals surface area contributed by atoms with Crippen LogP contribution in [0.25, 0.3) is 5.65 Å². The first-order valence-electron chi connectivity index (χ1n) is 5.21. The summed E-state index contributed by atoms with van der Waals surface area (Å²) in [5.74, 6) is 1.31. The van der Waals surface area contributed by atoms with Crippen molar-refractivity contribution >= 4 is 5.65 Å². The smallest absolute Gasteiger partial charge is 0.155 e. The highest BCUT2D eigenvalue weighted by molar-refractivity contribution is 5.38. The van der Waals surface area contributed by atoms with E-state index in [0.29, 0.717) is 12.5 Å². The van der Waals surface area contributed by atoms with Crippen LogP contribution < -0.4 is 5.73 Å². The van der Waals surface area contributed by atoms with E-state index < -0.39 is 0 Å². The fraction of sp³-hybridized carbons (Fsp3) is 0.455. The largest absolute Gasteiger partial charge is 0.330 e. The predicted octanol–water partition coefficient (Wildman–Crippen LogP) is 1.18. The number of nitrogens with two attached hydrogens (primary N) is 1. The fourth-order valence-electron chi connectivity index (χ4n) is 1.64. The van der Waals surface area contributed by atoms with E-state index in [1.165, 1.54) is 5.56 Å². The summed E-state index contributed by atoms with van der Waals surface area (Å²) in [5.41, 5.74) is 7.76. The normalized spacial score (nSPS) is 13.3. The minimum Gasteiger partial charge on any atom is -0.330 e. The molecule has 1 atom stereocenters. The number of nitrogens with zero attached hydrogens (tertiary/aromatic N) is 3. The quantitative estimate of drug-likeness (QED) is 0.816. The van der Waals surface area contributed by atoms with Gasteiger partial charge in [-0.3, -0.25) is 0 Å². The summed E-state index contributed by atoms with van der Waals surface area (Å²) in [7, 11) is 0. The van der Waals surface area contributed by atoms with E-state index >= 15 is 0 Å². The van der Waals surface area contributed by atoms with Gasteiger partial charge < -0.3 is 5.73 Å². The summed E-state index contributed by atoms with van der Waals surface area (Å²) >= 11 is 0. The van der Waals surface area contributed by atoms with E-state index in [4.69, 9.17) is 5.73 Å². The molecule has 0 fully saturated rings. The van der Waals surface area contributed by atoms with E-state index in [1.807, 2.05) is 23.7 Å². The van der Waals surface area contributed by atoms with Crippen LogP contribution in [0.2, 0.25) is 0 Å². The zero-order valence-corrected chi connectivity index (χ0v) is 9.14. The van der Waals surface area contributed by atoms with Crippen molar-refractivity contribution in [1.29, 1.82) is 0 Å². The molecule has 2 heterocycles. The Bertz CT molecular complexity index is 461. The average molecular weight is 204 g/mol. The van der Waals surface area contributed by atoms with Crippen molar-refractivity contribution in [3.05, 3.63) is 29.7 Å². The summed E-state index contributed by atoms with van der Waals surface area (Å²) in [4.78, 5) is 4.28. The second-order valence-electron chi connectivity index (χ2n) is 4.04. The molecule has 0 amide bonds. The molecule has 4 nitrogen and oxygen atoms in total. The fourth-order valence-corrected chi connectivity index (χ4v) is 1.64. The van der Waals surface area contributed by atoms with Gasteiger partial charge in [0.05, 0.1) is 0 Å². The summed E-state index contributed by atoms with van der Waals surface area (Å²) in [5, 5.41) is 4.28. The molecular weight excluding hydrogens is 188 g/mol. The van der Waals surface area contributed by atoms with Gasteiger partial charge in [-0.1, -0.05) is 13.0 Å². The second-order valence-corrected chi connectivity index (χ2v) is 4.04. The zero-order valence-electron chi connectivity index (χ0n) is 9.14. The predicted molar refractivity (Wildman–Crippen MR) is 59.6 cm³/mol. The molecule has 4 heteroatoms. The molecule has 0 aromatic carbocycles. The third kappa shape index (κ3) is 2.15. The van der Waals surface area contributed by atoms with Crippen molar-refractivity contribution in [3.63, 3.8) is 0 Å². The van der Waals surface area contributed by atoms with E-state index in [9.17, 15) is 0 Å². The third-order valence-corrected chi connectivity index (χ3v) is 2.48. The highest BCUT2D eigenvalue weighted by Gasteiger charge is 2.04. The van der Waals surface area contributed by atoms with Gasteiger partial charge in [0.1, 0.15) is 5.82 Å². The maximum absolute atomic E-state index is 5.60. The lowest BCUT2D eigenvalue weighted by Crippen LogP contribution is -2.13. The van der Waals surface area contributed by atoms with Gasteiger partial charge in [-0.15, -0.1) is 0 Å².